The van der Waals surface area contributed by atoms with Crippen molar-refractivity contribution in [2.75, 3.05) is 13.1 Å². The number of para-hydroxylation sites is 1. The van der Waals surface area contributed by atoms with Gasteiger partial charge in [-0.3, -0.25) is 23.5 Å². The number of fused-ring (bicyclic) bond motifs is 1. The number of benzene rings is 2. The molecule has 0 radical (unpaired) electrons. The van der Waals surface area contributed by atoms with Crippen LogP contribution >= 0.6 is 11.6 Å². The lowest BCUT2D eigenvalue weighted by Crippen LogP contribution is -2.63. The highest BCUT2D eigenvalue weighted by atomic mass is 35.5. The number of hydrogen-bond acceptors (Lipinski definition) is 5. The second kappa shape index (κ2) is 11.3. The van der Waals surface area contributed by atoms with Crippen molar-refractivity contribution < 1.29 is 23.1 Å². The van der Waals surface area contributed by atoms with Crippen molar-refractivity contribution >= 4 is 28.7 Å². The van der Waals surface area contributed by atoms with Crippen molar-refractivity contribution in [1.29, 1.82) is 0 Å². The van der Waals surface area contributed by atoms with E-state index in [1.165, 1.54) is 11.0 Å². The van der Waals surface area contributed by atoms with Crippen molar-refractivity contribution in [3.63, 3.8) is 0 Å². The molecule has 4 aromatic rings. The topological polar surface area (TPSA) is 97.4 Å². The molecule has 2 aromatic heterocycles. The Kier molecular flexibility index (Phi) is 7.96. The van der Waals surface area contributed by atoms with Crippen molar-refractivity contribution in [2.45, 2.75) is 51.7 Å². The summed E-state index contributed by atoms with van der Waals surface area (Å²) in [4.78, 5) is 45.5. The van der Waals surface area contributed by atoms with Crippen molar-refractivity contribution in [1.82, 2.24) is 19.0 Å². The number of amides is 1. The molecule has 44 heavy (non-hydrogen) atoms. The van der Waals surface area contributed by atoms with E-state index >= 15 is 8.78 Å². The van der Waals surface area contributed by atoms with Gasteiger partial charge in [0.2, 0.25) is 5.91 Å². The van der Waals surface area contributed by atoms with E-state index in [-0.39, 0.29) is 46.8 Å². The van der Waals surface area contributed by atoms with Gasteiger partial charge in [-0.25, -0.2) is 18.2 Å². The lowest BCUT2D eigenvalue weighted by Gasteiger charge is -2.44. The number of pyridine rings is 1. The Morgan fingerprint density at radius 2 is 1.70 bits per heavy atom. The minimum Gasteiger partial charge on any atom is -0.507 e. The Balaban J connectivity index is 1.89. The lowest BCUT2D eigenvalue weighted by molar-refractivity contribution is -0.141. The number of likely N-dealkylation sites (tertiary alicyclic amines) is 1. The second-order valence-corrected chi connectivity index (χ2v) is 12.0. The molecule has 0 bridgehead atoms. The molecule has 1 fully saturated rings. The molecule has 3 heterocycles. The van der Waals surface area contributed by atoms with Gasteiger partial charge in [-0.2, -0.15) is 0 Å². The summed E-state index contributed by atoms with van der Waals surface area (Å²) in [6.07, 6.45) is 1.05. The van der Waals surface area contributed by atoms with E-state index in [0.717, 1.165) is 27.3 Å². The van der Waals surface area contributed by atoms with Crippen LogP contribution in [0.15, 0.2) is 58.6 Å². The van der Waals surface area contributed by atoms with Crippen LogP contribution in [0.3, 0.4) is 0 Å². The van der Waals surface area contributed by atoms with Gasteiger partial charge in [-0.15, -0.1) is 0 Å². The molecule has 1 aliphatic heterocycles. The molecule has 1 aliphatic rings. The largest absolute Gasteiger partial charge is 0.507 e. The number of phenols is 1. The number of carbonyl (C=O) groups excluding carboxylic acids is 1. The number of carbonyl (C=O) groups is 1. The molecule has 1 amide bonds. The van der Waals surface area contributed by atoms with Crippen LogP contribution in [-0.2, 0) is 11.3 Å². The number of aromatic hydroxyl groups is 1. The Labute approximate surface area is 255 Å². The van der Waals surface area contributed by atoms with E-state index in [4.69, 9.17) is 11.6 Å². The molecule has 5 rings (SSSR count). The van der Waals surface area contributed by atoms with Crippen molar-refractivity contribution in [3.8, 4) is 22.7 Å². The number of halogens is 4. The molecule has 0 saturated carbocycles. The number of nitrogens with zero attached hydrogens (tertiary/aromatic N) is 4. The van der Waals surface area contributed by atoms with Crippen LogP contribution < -0.4 is 11.1 Å². The average molecular weight is 627 g/mol. The van der Waals surface area contributed by atoms with Crippen LogP contribution in [0.4, 0.5) is 13.2 Å². The molecule has 1 N–H and O–H groups in total. The van der Waals surface area contributed by atoms with Gasteiger partial charge < -0.3 is 10.0 Å². The number of aromatic nitrogens is 3. The molecule has 12 heteroatoms. The summed E-state index contributed by atoms with van der Waals surface area (Å²) in [7, 11) is 0. The fourth-order valence-corrected chi connectivity index (χ4v) is 5.87. The maximum atomic E-state index is 15.9. The smallest absolute Gasteiger partial charge is 0.322 e. The molecular formula is C32H30ClF3N4O4. The third kappa shape index (κ3) is 5.08. The maximum Gasteiger partial charge on any atom is 0.322 e. The summed E-state index contributed by atoms with van der Waals surface area (Å²) < 4.78 is 47.3. The second-order valence-electron chi connectivity index (χ2n) is 11.6. The summed E-state index contributed by atoms with van der Waals surface area (Å²) in [5.41, 5.74) is -3.68. The normalized spacial score (nSPS) is 14.4. The SMILES string of the molecule is C=CC(=O)N1CC(F)(Cn2c(=O)c(=O)n(-c3c(C(C)C)cccc3C(C)C)c3nc(-c4c(O)ccc(F)c4F)c(Cl)cc32)C1. The molecule has 0 spiro atoms. The lowest BCUT2D eigenvalue weighted by atomic mass is 9.92. The molecule has 1 saturated heterocycles. The molecule has 2 aromatic carbocycles. The monoisotopic (exact) mass is 626 g/mol. The predicted octanol–water partition coefficient (Wildman–Crippen LogP) is 5.83. The summed E-state index contributed by atoms with van der Waals surface area (Å²) in [5.74, 6) is -4.08. The van der Waals surface area contributed by atoms with E-state index in [1.807, 2.05) is 33.8 Å². The zero-order chi connectivity index (χ0) is 32.2. The van der Waals surface area contributed by atoms with Gasteiger partial charge in [0.05, 0.1) is 47.1 Å². The first-order valence-electron chi connectivity index (χ1n) is 14.0. The molecule has 0 unspecified atom stereocenters. The Hall–Kier alpha value is -4.38. The average Bonchev–Trinajstić information content (AvgIpc) is 2.96. The number of alkyl halides is 1. The van der Waals surface area contributed by atoms with E-state index in [0.29, 0.717) is 16.8 Å². The van der Waals surface area contributed by atoms with E-state index in [2.05, 4.69) is 11.6 Å². The van der Waals surface area contributed by atoms with Crippen molar-refractivity contribution in [2.24, 2.45) is 0 Å². The Bertz CT molecular complexity index is 1940. The van der Waals surface area contributed by atoms with Gasteiger partial charge in [0.15, 0.2) is 23.0 Å². The summed E-state index contributed by atoms with van der Waals surface area (Å²) in [5, 5.41) is 10.2. The van der Waals surface area contributed by atoms with Gasteiger partial charge in [0.25, 0.3) is 0 Å². The summed E-state index contributed by atoms with van der Waals surface area (Å²) in [6, 6.07) is 8.33. The number of rotatable bonds is 7. The predicted molar refractivity (Wildman–Crippen MR) is 162 cm³/mol. The fraction of sp³-hybridized carbons (Fsp3) is 0.312. The highest BCUT2D eigenvalue weighted by Gasteiger charge is 2.46. The molecule has 230 valence electrons. The Morgan fingerprint density at radius 1 is 1.09 bits per heavy atom. The van der Waals surface area contributed by atoms with E-state index in [1.54, 1.807) is 12.1 Å². The van der Waals surface area contributed by atoms with Crippen LogP contribution in [-0.4, -0.2) is 48.8 Å². The van der Waals surface area contributed by atoms with E-state index < -0.39 is 52.2 Å². The minimum absolute atomic E-state index is 0.0570. The number of phenolic OH excluding ortho intramolecular Hbond substituents is 1. The quantitative estimate of drug-likeness (QED) is 0.206. The van der Waals surface area contributed by atoms with Crippen LogP contribution in [0.1, 0.15) is 50.7 Å². The first kappa shape index (κ1) is 31.1. The molecule has 0 aliphatic carbocycles. The van der Waals surface area contributed by atoms with Gasteiger partial charge in [-0.1, -0.05) is 64.1 Å². The zero-order valence-electron chi connectivity index (χ0n) is 24.5. The molecule has 0 atom stereocenters. The zero-order valence-corrected chi connectivity index (χ0v) is 25.3. The van der Waals surface area contributed by atoms with E-state index in [9.17, 15) is 23.9 Å². The third-order valence-electron chi connectivity index (χ3n) is 7.82. The van der Waals surface area contributed by atoms with Crippen LogP contribution in [0, 0.1) is 11.6 Å². The van der Waals surface area contributed by atoms with Crippen LogP contribution in [0.2, 0.25) is 5.02 Å². The first-order valence-corrected chi connectivity index (χ1v) is 14.3. The maximum absolute atomic E-state index is 15.9. The standard InChI is InChI=1S/C32H30ClF3N4O4/c1-6-24(42)38-13-32(36,14-38)15-39-22-12-20(33)27(25-23(41)11-10-21(34)26(25)35)37-29(22)40(31(44)30(39)43)28-18(16(2)3)8-7-9-19(28)17(4)5/h6-12,16-17,41H,1,13-15H2,2-5H3. The highest BCUT2D eigenvalue weighted by molar-refractivity contribution is 6.33. The first-order chi connectivity index (χ1) is 20.7. The van der Waals surface area contributed by atoms with Gasteiger partial charge in [-0.05, 0) is 47.2 Å². The van der Waals surface area contributed by atoms with Gasteiger partial charge in [0.1, 0.15) is 5.75 Å². The number of hydrogen-bond donors (Lipinski definition) is 1. The fourth-order valence-electron chi connectivity index (χ4n) is 5.63. The summed E-state index contributed by atoms with van der Waals surface area (Å²) in [6.45, 7) is 9.74. The third-order valence-corrected chi connectivity index (χ3v) is 8.11. The van der Waals surface area contributed by atoms with Crippen LogP contribution in [0.5, 0.6) is 5.75 Å². The summed E-state index contributed by atoms with van der Waals surface area (Å²) >= 11 is 6.54. The van der Waals surface area contributed by atoms with Crippen molar-refractivity contribution in [3.05, 3.63) is 97.5 Å². The molecule has 8 nitrogen and oxygen atoms in total. The van der Waals surface area contributed by atoms with Gasteiger partial charge in [0, 0.05) is 0 Å². The molecular weight excluding hydrogens is 597 g/mol. The Morgan fingerprint density at radius 3 is 2.27 bits per heavy atom. The van der Waals surface area contributed by atoms with Crippen LogP contribution in [0.25, 0.3) is 28.1 Å². The highest BCUT2D eigenvalue weighted by Crippen LogP contribution is 2.39. The van der Waals surface area contributed by atoms with Gasteiger partial charge >= 0.3 is 11.1 Å². The minimum atomic E-state index is -2.06.